The number of carbonyl (C=O) groups excluding carboxylic acids is 1. The zero-order chi connectivity index (χ0) is 17.4. The van der Waals surface area contributed by atoms with Crippen LogP contribution in [-0.4, -0.2) is 57.9 Å². The smallest absolute Gasteiger partial charge is 0.273 e. The molecule has 2 aromatic heterocycles. The average Bonchev–Trinajstić information content (AvgIpc) is 3.34. The second-order valence-corrected chi connectivity index (χ2v) is 6.35. The Morgan fingerprint density at radius 2 is 2.36 bits per heavy atom. The Balaban J connectivity index is 1.55. The second kappa shape index (κ2) is 6.27. The number of carbonyl (C=O) groups is 1. The Bertz CT molecular complexity index is 855. The Kier molecular flexibility index (Phi) is 3.95. The zero-order valence-electron chi connectivity index (χ0n) is 13.8. The van der Waals surface area contributed by atoms with Gasteiger partial charge in [0.1, 0.15) is 11.8 Å². The van der Waals surface area contributed by atoms with Crippen molar-refractivity contribution in [1.29, 1.82) is 5.26 Å². The van der Waals surface area contributed by atoms with E-state index in [-0.39, 0.29) is 18.0 Å². The number of nitriles is 1. The van der Waals surface area contributed by atoms with Crippen molar-refractivity contribution in [2.24, 2.45) is 0 Å². The first kappa shape index (κ1) is 15.7. The number of methoxy groups -OCH3 is 1. The van der Waals surface area contributed by atoms with E-state index in [9.17, 15) is 4.79 Å². The lowest BCUT2D eigenvalue weighted by Gasteiger charge is -2.22. The van der Waals surface area contributed by atoms with Crippen molar-refractivity contribution in [1.82, 2.24) is 25.0 Å². The molecule has 2 aromatic rings. The second-order valence-electron chi connectivity index (χ2n) is 6.35. The van der Waals surface area contributed by atoms with Crippen LogP contribution >= 0.6 is 0 Å². The Morgan fingerprint density at radius 1 is 1.48 bits per heavy atom. The van der Waals surface area contributed by atoms with Crippen molar-refractivity contribution in [3.63, 3.8) is 0 Å². The number of fused-ring (bicyclic) bond motifs is 1. The van der Waals surface area contributed by atoms with Crippen LogP contribution in [0.25, 0.3) is 5.82 Å². The maximum Gasteiger partial charge on any atom is 0.273 e. The normalized spacial score (nSPS) is 22.2. The number of nitrogens with one attached hydrogen (secondary N) is 1. The van der Waals surface area contributed by atoms with Crippen LogP contribution in [0, 0.1) is 11.3 Å². The van der Waals surface area contributed by atoms with Gasteiger partial charge in [0.25, 0.3) is 5.91 Å². The van der Waals surface area contributed by atoms with Crippen molar-refractivity contribution >= 4 is 5.91 Å². The molecule has 0 radical (unpaired) electrons. The van der Waals surface area contributed by atoms with E-state index >= 15 is 0 Å². The predicted molar refractivity (Wildman–Crippen MR) is 88.0 cm³/mol. The first-order valence-electron chi connectivity index (χ1n) is 8.18. The van der Waals surface area contributed by atoms with Gasteiger partial charge >= 0.3 is 0 Å². The summed E-state index contributed by atoms with van der Waals surface area (Å²) in [5, 5.41) is 16.4. The molecule has 0 bridgehead atoms. The molecule has 4 rings (SSSR count). The molecule has 8 heteroatoms. The minimum atomic E-state index is -0.0469. The summed E-state index contributed by atoms with van der Waals surface area (Å²) in [5.74, 6) is 0.492. The number of aromatic nitrogens is 3. The maximum absolute atomic E-state index is 12.8. The quantitative estimate of drug-likeness (QED) is 0.871. The summed E-state index contributed by atoms with van der Waals surface area (Å²) in [4.78, 5) is 19.2. The molecule has 0 unspecified atom stereocenters. The van der Waals surface area contributed by atoms with Crippen molar-refractivity contribution in [2.45, 2.75) is 25.0 Å². The lowest BCUT2D eigenvalue weighted by molar-refractivity contribution is 0.0707. The molecule has 2 aliphatic heterocycles. The summed E-state index contributed by atoms with van der Waals surface area (Å²) in [6.45, 7) is 2.00. The molecule has 8 nitrogen and oxygen atoms in total. The summed E-state index contributed by atoms with van der Waals surface area (Å²) >= 11 is 0. The number of amides is 1. The number of hydrogen-bond donors (Lipinski definition) is 1. The molecular weight excluding hydrogens is 320 g/mol. The van der Waals surface area contributed by atoms with E-state index in [2.05, 4.69) is 15.4 Å². The first-order chi connectivity index (χ1) is 12.2. The lowest BCUT2D eigenvalue weighted by atomic mass is 10.1. The standard InChI is InChI=1S/C17H18N6O2/c1-25-10-13-4-14(7-19-13)22-9-12-2-3-15(21-16(12)17(22)24)23-8-11(5-18)6-20-23/h2-3,6,8,13-14,19H,4,7,9-10H2,1H3/t13-,14+/m0/s1. The van der Waals surface area contributed by atoms with Crippen LogP contribution in [-0.2, 0) is 11.3 Å². The molecule has 1 amide bonds. The molecular formula is C17H18N6O2. The van der Waals surface area contributed by atoms with E-state index < -0.39 is 0 Å². The van der Waals surface area contributed by atoms with Crippen LogP contribution in [0.5, 0.6) is 0 Å². The predicted octanol–water partition coefficient (Wildman–Crippen LogP) is 0.472. The van der Waals surface area contributed by atoms with Gasteiger partial charge in [0.2, 0.25) is 0 Å². The molecule has 1 N–H and O–H groups in total. The molecule has 25 heavy (non-hydrogen) atoms. The van der Waals surface area contributed by atoms with Gasteiger partial charge in [-0.2, -0.15) is 10.4 Å². The Morgan fingerprint density at radius 3 is 3.12 bits per heavy atom. The van der Waals surface area contributed by atoms with Crippen LogP contribution in [0.15, 0.2) is 24.5 Å². The Labute approximate surface area is 145 Å². The molecule has 2 atom stereocenters. The fourth-order valence-electron chi connectivity index (χ4n) is 3.47. The van der Waals surface area contributed by atoms with Crippen LogP contribution in [0.4, 0.5) is 0 Å². The molecule has 1 saturated heterocycles. The summed E-state index contributed by atoms with van der Waals surface area (Å²) in [7, 11) is 1.68. The minimum absolute atomic E-state index is 0.0469. The fraction of sp³-hybridized carbons (Fsp3) is 0.412. The van der Waals surface area contributed by atoms with E-state index in [1.165, 1.54) is 10.9 Å². The topological polar surface area (TPSA) is 96.1 Å². The van der Waals surface area contributed by atoms with Crippen LogP contribution in [0.2, 0.25) is 0 Å². The van der Waals surface area contributed by atoms with E-state index in [1.807, 2.05) is 23.1 Å². The van der Waals surface area contributed by atoms with Crippen LogP contribution in [0.1, 0.15) is 28.0 Å². The van der Waals surface area contributed by atoms with Gasteiger partial charge in [0.15, 0.2) is 5.82 Å². The molecule has 2 aliphatic rings. The molecule has 128 valence electrons. The third-order valence-corrected chi connectivity index (χ3v) is 4.72. The highest BCUT2D eigenvalue weighted by molar-refractivity contribution is 5.96. The summed E-state index contributed by atoms with van der Waals surface area (Å²) in [6, 6.07) is 6.21. The van der Waals surface area contributed by atoms with Gasteiger partial charge in [-0.25, -0.2) is 9.67 Å². The average molecular weight is 338 g/mol. The molecule has 0 aliphatic carbocycles. The third-order valence-electron chi connectivity index (χ3n) is 4.72. The highest BCUT2D eigenvalue weighted by Gasteiger charge is 2.37. The molecule has 0 aromatic carbocycles. The number of nitrogens with zero attached hydrogens (tertiary/aromatic N) is 5. The van der Waals surface area contributed by atoms with Gasteiger partial charge in [-0.3, -0.25) is 4.79 Å². The number of ether oxygens (including phenoxy) is 1. The lowest BCUT2D eigenvalue weighted by Crippen LogP contribution is -2.37. The van der Waals surface area contributed by atoms with Gasteiger partial charge in [0.05, 0.1) is 24.6 Å². The minimum Gasteiger partial charge on any atom is -0.383 e. The SMILES string of the molecule is COC[C@@H]1C[C@@H](N2Cc3ccc(-n4cc(C#N)cn4)nc3C2=O)CN1. The van der Waals surface area contributed by atoms with Gasteiger partial charge in [-0.1, -0.05) is 6.07 Å². The number of pyridine rings is 1. The highest BCUT2D eigenvalue weighted by atomic mass is 16.5. The molecule has 0 spiro atoms. The summed E-state index contributed by atoms with van der Waals surface area (Å²) in [6.07, 6.45) is 3.95. The Hall–Kier alpha value is -2.76. The maximum atomic E-state index is 12.8. The molecule has 4 heterocycles. The summed E-state index contributed by atoms with van der Waals surface area (Å²) in [5.41, 5.74) is 1.86. The zero-order valence-corrected chi connectivity index (χ0v) is 13.8. The van der Waals surface area contributed by atoms with E-state index in [1.54, 1.807) is 13.3 Å². The van der Waals surface area contributed by atoms with E-state index in [0.29, 0.717) is 30.2 Å². The van der Waals surface area contributed by atoms with Crippen molar-refractivity contribution in [2.75, 3.05) is 20.3 Å². The summed E-state index contributed by atoms with van der Waals surface area (Å²) < 4.78 is 6.70. The van der Waals surface area contributed by atoms with E-state index in [4.69, 9.17) is 10.00 Å². The van der Waals surface area contributed by atoms with Crippen molar-refractivity contribution in [3.8, 4) is 11.9 Å². The van der Waals surface area contributed by atoms with E-state index in [0.717, 1.165) is 18.5 Å². The monoisotopic (exact) mass is 338 g/mol. The largest absolute Gasteiger partial charge is 0.383 e. The highest BCUT2D eigenvalue weighted by Crippen LogP contribution is 2.27. The molecule has 1 fully saturated rings. The van der Waals surface area contributed by atoms with Crippen LogP contribution < -0.4 is 5.32 Å². The van der Waals surface area contributed by atoms with Crippen LogP contribution in [0.3, 0.4) is 0 Å². The number of rotatable bonds is 4. The molecule has 0 saturated carbocycles. The van der Waals surface area contributed by atoms with Gasteiger partial charge in [0, 0.05) is 37.8 Å². The third kappa shape index (κ3) is 2.77. The fourth-order valence-corrected chi connectivity index (χ4v) is 3.47. The van der Waals surface area contributed by atoms with Gasteiger partial charge in [-0.15, -0.1) is 0 Å². The number of hydrogen-bond acceptors (Lipinski definition) is 6. The van der Waals surface area contributed by atoms with Gasteiger partial charge in [-0.05, 0) is 12.5 Å². The van der Waals surface area contributed by atoms with Crippen molar-refractivity contribution in [3.05, 3.63) is 41.3 Å². The van der Waals surface area contributed by atoms with Crippen molar-refractivity contribution < 1.29 is 9.53 Å². The van der Waals surface area contributed by atoms with Gasteiger partial charge < -0.3 is 15.0 Å². The first-order valence-corrected chi connectivity index (χ1v) is 8.18.